The normalized spacial score (nSPS) is 18.5. The standard InChI is InChI=1S/C47H47ClN4O6S/c1-59(56,57)50-42-18-10-9-13-35(42)33-23-26-51(27-24-33)46(54)43(29-31-19-21-34(48)22-20-31)49-45(53)44-36(32-11-3-2-4-12-32)25-28-52(44)47(55)58-30-41-39-16-7-5-14-37(39)38-15-6-8-17-40(38)41/h2-22,33,36,41,43-44,50H,23-30H2,1H3,(H,49,53)/t36-,43-,44+/m1/s1. The lowest BCUT2D eigenvalue weighted by atomic mass is 9.88. The van der Waals surface area contributed by atoms with Crippen molar-refractivity contribution in [1.29, 1.82) is 0 Å². The Morgan fingerprint density at radius 1 is 0.746 bits per heavy atom. The van der Waals surface area contributed by atoms with Gasteiger partial charge in [0.15, 0.2) is 0 Å². The highest BCUT2D eigenvalue weighted by atomic mass is 35.5. The fraction of sp³-hybridized carbons (Fsp3) is 0.298. The molecule has 0 spiro atoms. The number of sulfonamides is 1. The van der Waals surface area contributed by atoms with Crippen molar-refractivity contribution in [3.8, 4) is 11.1 Å². The number of ether oxygens (including phenoxy) is 1. The Balaban J connectivity index is 1.02. The van der Waals surface area contributed by atoms with Gasteiger partial charge >= 0.3 is 6.09 Å². The summed E-state index contributed by atoms with van der Waals surface area (Å²) in [5, 5.41) is 3.67. The number of para-hydroxylation sites is 1. The largest absolute Gasteiger partial charge is 0.448 e. The fourth-order valence-corrected chi connectivity index (χ4v) is 9.85. The van der Waals surface area contributed by atoms with E-state index < -0.39 is 34.1 Å². The molecular formula is C47H47ClN4O6S. The molecule has 2 N–H and O–H groups in total. The zero-order chi connectivity index (χ0) is 41.1. The van der Waals surface area contributed by atoms with Gasteiger partial charge in [-0.15, -0.1) is 0 Å². The summed E-state index contributed by atoms with van der Waals surface area (Å²) in [6, 6.07) is 38.7. The number of anilines is 1. The topological polar surface area (TPSA) is 125 Å². The molecule has 0 radical (unpaired) electrons. The van der Waals surface area contributed by atoms with Gasteiger partial charge < -0.3 is 15.0 Å². The number of fused-ring (bicyclic) bond motifs is 3. The number of carbonyl (C=O) groups is 3. The molecule has 3 amide bonds. The molecule has 0 unspecified atom stereocenters. The van der Waals surface area contributed by atoms with Crippen molar-refractivity contribution in [3.63, 3.8) is 0 Å². The van der Waals surface area contributed by atoms with Crippen LogP contribution in [-0.4, -0.2) is 80.7 Å². The Hall–Kier alpha value is -5.65. The maximum Gasteiger partial charge on any atom is 0.410 e. The summed E-state index contributed by atoms with van der Waals surface area (Å²) in [6.07, 6.45) is 2.56. The SMILES string of the molecule is CS(=O)(=O)Nc1ccccc1C1CCN(C(=O)[C@@H](Cc2ccc(Cl)cc2)NC(=O)[C@@H]2[C@@H](c3ccccc3)CCN2C(=O)OCC2c3ccccc3-c3ccccc32)CC1. The first kappa shape index (κ1) is 40.1. The van der Waals surface area contributed by atoms with Crippen LogP contribution in [0.4, 0.5) is 10.5 Å². The van der Waals surface area contributed by atoms with Gasteiger partial charge in [0.1, 0.15) is 18.7 Å². The monoisotopic (exact) mass is 830 g/mol. The second-order valence-electron chi connectivity index (χ2n) is 15.7. The number of amides is 3. The number of rotatable bonds is 11. The Labute approximate surface area is 350 Å². The molecule has 3 atom stereocenters. The molecule has 8 rings (SSSR count). The third-order valence-electron chi connectivity index (χ3n) is 11.9. The summed E-state index contributed by atoms with van der Waals surface area (Å²) in [6.45, 7) is 1.28. The van der Waals surface area contributed by atoms with E-state index in [0.29, 0.717) is 49.6 Å². The second-order valence-corrected chi connectivity index (χ2v) is 17.9. The van der Waals surface area contributed by atoms with Crippen molar-refractivity contribution >= 4 is 45.2 Å². The quantitative estimate of drug-likeness (QED) is 0.139. The second kappa shape index (κ2) is 17.3. The molecule has 2 heterocycles. The van der Waals surface area contributed by atoms with Crippen molar-refractivity contribution in [1.82, 2.24) is 15.1 Å². The molecule has 2 fully saturated rings. The highest BCUT2D eigenvalue weighted by Gasteiger charge is 2.45. The molecule has 0 bridgehead atoms. The van der Waals surface area contributed by atoms with Gasteiger partial charge in [-0.2, -0.15) is 0 Å². The first-order valence-electron chi connectivity index (χ1n) is 20.1. The maximum absolute atomic E-state index is 14.8. The number of benzene rings is 5. The molecule has 0 aromatic heterocycles. The summed E-state index contributed by atoms with van der Waals surface area (Å²) < 4.78 is 32.9. The lowest BCUT2D eigenvalue weighted by Crippen LogP contribution is -2.56. The molecule has 12 heteroatoms. The van der Waals surface area contributed by atoms with Crippen molar-refractivity contribution in [2.24, 2.45) is 0 Å². The van der Waals surface area contributed by atoms with Gasteiger partial charge in [-0.05, 0) is 82.3 Å². The number of likely N-dealkylation sites (tertiary alicyclic amines) is 2. The number of hydrogen-bond acceptors (Lipinski definition) is 6. The predicted octanol–water partition coefficient (Wildman–Crippen LogP) is 7.95. The van der Waals surface area contributed by atoms with Gasteiger partial charge in [0.25, 0.3) is 0 Å². The predicted molar refractivity (Wildman–Crippen MR) is 230 cm³/mol. The van der Waals surface area contributed by atoms with Crippen LogP contribution in [-0.2, 0) is 30.8 Å². The molecule has 5 aromatic carbocycles. The van der Waals surface area contributed by atoms with E-state index in [2.05, 4.69) is 34.3 Å². The third-order valence-corrected chi connectivity index (χ3v) is 12.8. The van der Waals surface area contributed by atoms with Gasteiger partial charge in [-0.3, -0.25) is 19.2 Å². The van der Waals surface area contributed by atoms with E-state index in [-0.39, 0.29) is 36.7 Å². The Bertz CT molecular complexity index is 2390. The van der Waals surface area contributed by atoms with Crippen LogP contribution in [0.25, 0.3) is 11.1 Å². The first-order chi connectivity index (χ1) is 28.5. The highest BCUT2D eigenvalue weighted by molar-refractivity contribution is 7.92. The Kier molecular flexibility index (Phi) is 11.8. The van der Waals surface area contributed by atoms with Crippen LogP contribution in [0.5, 0.6) is 0 Å². The Morgan fingerprint density at radius 3 is 1.98 bits per heavy atom. The van der Waals surface area contributed by atoms with Crippen LogP contribution >= 0.6 is 11.6 Å². The van der Waals surface area contributed by atoms with Crippen molar-refractivity contribution in [2.75, 3.05) is 37.2 Å². The third kappa shape index (κ3) is 8.87. The van der Waals surface area contributed by atoms with E-state index in [4.69, 9.17) is 16.3 Å². The maximum atomic E-state index is 14.8. The smallest absolute Gasteiger partial charge is 0.410 e. The summed E-state index contributed by atoms with van der Waals surface area (Å²) in [5.41, 5.74) is 7.62. The average Bonchev–Trinajstić information content (AvgIpc) is 3.83. The number of piperidine rings is 1. The number of halogens is 1. The van der Waals surface area contributed by atoms with Crippen LogP contribution in [0.15, 0.2) is 127 Å². The van der Waals surface area contributed by atoms with Gasteiger partial charge in [0.2, 0.25) is 21.8 Å². The minimum absolute atomic E-state index is 0.0321. The lowest BCUT2D eigenvalue weighted by molar-refractivity contribution is -0.138. The molecule has 2 aliphatic heterocycles. The molecule has 1 aliphatic carbocycles. The van der Waals surface area contributed by atoms with Crippen molar-refractivity contribution in [3.05, 3.63) is 160 Å². The van der Waals surface area contributed by atoms with E-state index in [9.17, 15) is 22.8 Å². The minimum Gasteiger partial charge on any atom is -0.448 e. The van der Waals surface area contributed by atoms with Gasteiger partial charge in [-0.25, -0.2) is 13.2 Å². The van der Waals surface area contributed by atoms with E-state index in [0.717, 1.165) is 45.2 Å². The lowest BCUT2D eigenvalue weighted by Gasteiger charge is -2.36. The number of carbonyl (C=O) groups excluding carboxylic acids is 3. The molecule has 304 valence electrons. The van der Waals surface area contributed by atoms with Crippen molar-refractivity contribution < 1.29 is 27.5 Å². The van der Waals surface area contributed by atoms with Crippen molar-refractivity contribution in [2.45, 2.75) is 55.5 Å². The van der Waals surface area contributed by atoms with E-state index >= 15 is 0 Å². The molecule has 5 aromatic rings. The number of hydrogen-bond donors (Lipinski definition) is 2. The zero-order valence-corrected chi connectivity index (χ0v) is 34.4. The first-order valence-corrected chi connectivity index (χ1v) is 22.4. The van der Waals surface area contributed by atoms with Crippen LogP contribution in [0.2, 0.25) is 5.02 Å². The average molecular weight is 831 g/mol. The van der Waals surface area contributed by atoms with Crippen LogP contribution in [0, 0.1) is 0 Å². The van der Waals surface area contributed by atoms with E-state index in [1.807, 2.05) is 78.9 Å². The highest BCUT2D eigenvalue weighted by Crippen LogP contribution is 2.45. The molecular weight excluding hydrogens is 784 g/mol. The van der Waals surface area contributed by atoms with Crippen LogP contribution in [0.3, 0.4) is 0 Å². The van der Waals surface area contributed by atoms with Gasteiger partial charge in [-0.1, -0.05) is 121 Å². The zero-order valence-electron chi connectivity index (χ0n) is 32.8. The number of nitrogens with one attached hydrogen (secondary N) is 2. The van der Waals surface area contributed by atoms with Gasteiger partial charge in [0, 0.05) is 42.9 Å². The Morgan fingerprint density at radius 2 is 1.34 bits per heavy atom. The van der Waals surface area contributed by atoms with Gasteiger partial charge in [0.05, 0.1) is 11.9 Å². The fourth-order valence-electron chi connectivity index (χ4n) is 9.14. The molecule has 10 nitrogen and oxygen atoms in total. The van der Waals surface area contributed by atoms with E-state index in [1.165, 1.54) is 4.90 Å². The molecule has 3 aliphatic rings. The summed E-state index contributed by atoms with van der Waals surface area (Å²) in [7, 11) is -3.48. The summed E-state index contributed by atoms with van der Waals surface area (Å²) >= 11 is 6.22. The summed E-state index contributed by atoms with van der Waals surface area (Å²) in [4.78, 5) is 46.7. The molecule has 2 saturated heterocycles. The minimum atomic E-state index is -3.48. The van der Waals surface area contributed by atoms with Crippen LogP contribution in [0.1, 0.15) is 64.8 Å². The molecule has 0 saturated carbocycles. The molecule has 59 heavy (non-hydrogen) atoms. The van der Waals surface area contributed by atoms with Crippen LogP contribution < -0.4 is 10.0 Å². The number of nitrogens with zero attached hydrogens (tertiary/aromatic N) is 2. The summed E-state index contributed by atoms with van der Waals surface area (Å²) in [5.74, 6) is -1.07. The van der Waals surface area contributed by atoms with E-state index in [1.54, 1.807) is 29.2 Å².